The van der Waals surface area contributed by atoms with Crippen LogP contribution < -0.4 is 5.73 Å². The molecule has 0 unspecified atom stereocenters. The lowest BCUT2D eigenvalue weighted by Gasteiger charge is -2.05. The van der Waals surface area contributed by atoms with Gasteiger partial charge >= 0.3 is 5.97 Å². The molecule has 0 aliphatic rings. The summed E-state index contributed by atoms with van der Waals surface area (Å²) in [6.07, 6.45) is 3.18. The molecule has 0 spiro atoms. The number of benzene rings is 1. The van der Waals surface area contributed by atoms with Crippen molar-refractivity contribution in [1.29, 1.82) is 0 Å². The van der Waals surface area contributed by atoms with E-state index in [-0.39, 0.29) is 5.69 Å². The number of nitrogens with zero attached hydrogens (tertiary/aromatic N) is 1. The number of aromatic amines is 1. The summed E-state index contributed by atoms with van der Waals surface area (Å²) in [6.45, 7) is 0. The van der Waals surface area contributed by atoms with Gasteiger partial charge in [0.1, 0.15) is 5.82 Å². The molecule has 1 aromatic heterocycles. The number of nitrogens with one attached hydrogen (secondary N) is 1. The number of carboxylic acids is 1. The van der Waals surface area contributed by atoms with E-state index in [1.54, 1.807) is 12.4 Å². The van der Waals surface area contributed by atoms with Gasteiger partial charge in [0.25, 0.3) is 0 Å². The van der Waals surface area contributed by atoms with E-state index >= 15 is 0 Å². The Kier molecular flexibility index (Phi) is 3.01. The first-order valence-corrected chi connectivity index (χ1v) is 5.39. The number of hydrogen-bond donors (Lipinski definition) is 3. The van der Waals surface area contributed by atoms with Gasteiger partial charge in [-0.1, -0.05) is 0 Å². The van der Waals surface area contributed by atoms with Crippen molar-refractivity contribution in [3.8, 4) is 0 Å². The minimum atomic E-state index is -1.34. The number of aromatic nitrogens is 2. The predicted molar refractivity (Wildman–Crippen MR) is 60.5 cm³/mol. The highest BCUT2D eigenvalue weighted by Crippen LogP contribution is 2.31. The van der Waals surface area contributed by atoms with Crippen molar-refractivity contribution >= 4 is 23.4 Å². The highest BCUT2D eigenvalue weighted by molar-refractivity contribution is 7.99. The third-order valence-electron chi connectivity index (χ3n) is 2.01. The summed E-state index contributed by atoms with van der Waals surface area (Å²) in [4.78, 5) is 17.9. The van der Waals surface area contributed by atoms with Crippen LogP contribution in [0, 0.1) is 5.82 Å². The molecule has 0 amide bonds. The van der Waals surface area contributed by atoms with E-state index in [0.717, 1.165) is 23.9 Å². The lowest BCUT2D eigenvalue weighted by Crippen LogP contribution is -2.03. The molecule has 1 heterocycles. The molecule has 17 heavy (non-hydrogen) atoms. The van der Waals surface area contributed by atoms with E-state index < -0.39 is 17.3 Å². The van der Waals surface area contributed by atoms with E-state index in [2.05, 4.69) is 9.97 Å². The topological polar surface area (TPSA) is 92.0 Å². The van der Waals surface area contributed by atoms with Crippen LogP contribution in [-0.2, 0) is 0 Å². The van der Waals surface area contributed by atoms with Crippen LogP contribution in [0.4, 0.5) is 10.1 Å². The van der Waals surface area contributed by atoms with Crippen LogP contribution in [0.2, 0.25) is 0 Å². The number of nitrogens with two attached hydrogens (primary N) is 1. The molecule has 88 valence electrons. The van der Waals surface area contributed by atoms with Crippen molar-refractivity contribution in [3.63, 3.8) is 0 Å². The number of nitrogen functional groups attached to an aromatic ring is 1. The van der Waals surface area contributed by atoms with Crippen LogP contribution in [0.5, 0.6) is 0 Å². The number of aromatic carboxylic acids is 1. The fraction of sp³-hybridized carbons (Fsp3) is 0. The minimum Gasteiger partial charge on any atom is -0.478 e. The summed E-state index contributed by atoms with van der Waals surface area (Å²) in [6, 6.07) is 2.19. The van der Waals surface area contributed by atoms with Gasteiger partial charge in [0.15, 0.2) is 5.16 Å². The van der Waals surface area contributed by atoms with Crippen molar-refractivity contribution < 1.29 is 14.3 Å². The molecule has 0 saturated carbocycles. The number of carbonyl (C=O) groups is 1. The normalized spacial score (nSPS) is 10.4. The van der Waals surface area contributed by atoms with Gasteiger partial charge in [-0.3, -0.25) is 0 Å². The molecule has 0 fully saturated rings. The lowest BCUT2D eigenvalue weighted by molar-refractivity contribution is 0.0692. The Bertz CT molecular complexity index is 557. The van der Waals surface area contributed by atoms with E-state index in [1.807, 2.05) is 0 Å². The molecule has 0 saturated heterocycles. The van der Waals surface area contributed by atoms with E-state index in [0.29, 0.717) is 10.1 Å². The van der Waals surface area contributed by atoms with Gasteiger partial charge in [-0.2, -0.15) is 0 Å². The fourth-order valence-corrected chi connectivity index (χ4v) is 2.02. The van der Waals surface area contributed by atoms with Gasteiger partial charge in [0, 0.05) is 23.0 Å². The monoisotopic (exact) mass is 253 g/mol. The summed E-state index contributed by atoms with van der Waals surface area (Å²) in [5.41, 5.74) is 5.41. The largest absolute Gasteiger partial charge is 0.478 e. The average Bonchev–Trinajstić information content (AvgIpc) is 2.75. The minimum absolute atomic E-state index is 0.199. The first kappa shape index (κ1) is 11.5. The van der Waals surface area contributed by atoms with Crippen LogP contribution in [0.1, 0.15) is 10.4 Å². The summed E-state index contributed by atoms with van der Waals surface area (Å²) in [5.74, 6) is -2.16. The van der Waals surface area contributed by atoms with Crippen LogP contribution in [0.3, 0.4) is 0 Å². The van der Waals surface area contributed by atoms with Gasteiger partial charge in [-0.25, -0.2) is 14.2 Å². The molecule has 0 radical (unpaired) electrons. The Hall–Kier alpha value is -2.02. The van der Waals surface area contributed by atoms with Gasteiger partial charge in [-0.05, 0) is 23.9 Å². The molecule has 4 N–H and O–H groups in total. The summed E-state index contributed by atoms with van der Waals surface area (Å²) in [5, 5.41) is 9.27. The van der Waals surface area contributed by atoms with Crippen LogP contribution in [0.25, 0.3) is 0 Å². The number of carboxylic acid groups (broad SMARTS) is 1. The number of hydrogen-bond acceptors (Lipinski definition) is 4. The maximum absolute atomic E-state index is 13.4. The van der Waals surface area contributed by atoms with Crippen molar-refractivity contribution in [2.45, 2.75) is 10.1 Å². The second-order valence-electron chi connectivity index (χ2n) is 3.17. The standard InChI is InChI=1S/C10H8FN3O2S/c11-6-4-8(17-10-13-1-2-14-10)7(12)3-5(6)9(15)16/h1-4H,12H2,(H,13,14)(H,15,16). The Morgan fingerprint density at radius 2 is 2.29 bits per heavy atom. The van der Waals surface area contributed by atoms with Gasteiger partial charge in [0.2, 0.25) is 0 Å². The molecular weight excluding hydrogens is 245 g/mol. The molecule has 2 rings (SSSR count). The van der Waals surface area contributed by atoms with Gasteiger partial charge < -0.3 is 15.8 Å². The Labute approximate surface area is 99.9 Å². The number of halogens is 1. The Balaban J connectivity index is 2.36. The van der Waals surface area contributed by atoms with Crippen LogP contribution in [-0.4, -0.2) is 21.0 Å². The highest BCUT2D eigenvalue weighted by Gasteiger charge is 2.14. The third kappa shape index (κ3) is 2.39. The second-order valence-corrected chi connectivity index (χ2v) is 4.20. The van der Waals surface area contributed by atoms with Crippen molar-refractivity contribution in [2.24, 2.45) is 0 Å². The summed E-state index contributed by atoms with van der Waals surface area (Å²) in [7, 11) is 0. The van der Waals surface area contributed by atoms with Gasteiger partial charge in [0.05, 0.1) is 5.56 Å². The molecule has 0 bridgehead atoms. The van der Waals surface area contributed by atoms with Crippen LogP contribution in [0.15, 0.2) is 34.6 Å². The molecule has 5 nitrogen and oxygen atoms in total. The van der Waals surface area contributed by atoms with Gasteiger partial charge in [-0.15, -0.1) is 0 Å². The SMILES string of the molecule is Nc1cc(C(=O)O)c(F)cc1Sc1ncc[nH]1. The Morgan fingerprint density at radius 1 is 1.53 bits per heavy atom. The highest BCUT2D eigenvalue weighted by atomic mass is 32.2. The van der Waals surface area contributed by atoms with E-state index in [4.69, 9.17) is 10.8 Å². The number of rotatable bonds is 3. The zero-order valence-electron chi connectivity index (χ0n) is 8.48. The number of H-pyrrole nitrogens is 1. The van der Waals surface area contributed by atoms with Crippen LogP contribution >= 0.6 is 11.8 Å². The summed E-state index contributed by atoms with van der Waals surface area (Å²) < 4.78 is 13.4. The zero-order chi connectivity index (χ0) is 12.4. The third-order valence-corrected chi connectivity index (χ3v) is 3.00. The maximum atomic E-state index is 13.4. The van der Waals surface area contributed by atoms with E-state index in [1.165, 1.54) is 0 Å². The molecule has 0 aliphatic carbocycles. The zero-order valence-corrected chi connectivity index (χ0v) is 9.29. The molecule has 7 heteroatoms. The smallest absolute Gasteiger partial charge is 0.338 e. The fourth-order valence-electron chi connectivity index (χ4n) is 1.23. The quantitative estimate of drug-likeness (QED) is 0.727. The van der Waals surface area contributed by atoms with Crippen molar-refractivity contribution in [2.75, 3.05) is 5.73 Å². The lowest BCUT2D eigenvalue weighted by atomic mass is 10.2. The number of anilines is 1. The van der Waals surface area contributed by atoms with Crippen molar-refractivity contribution in [3.05, 3.63) is 35.9 Å². The first-order valence-electron chi connectivity index (χ1n) is 4.57. The molecule has 0 atom stereocenters. The average molecular weight is 253 g/mol. The van der Waals surface area contributed by atoms with Crippen molar-refractivity contribution in [1.82, 2.24) is 9.97 Å². The molecule has 0 aliphatic heterocycles. The predicted octanol–water partition coefficient (Wildman–Crippen LogP) is 1.98. The molecule has 1 aromatic carbocycles. The number of imidazole rings is 1. The maximum Gasteiger partial charge on any atom is 0.338 e. The Morgan fingerprint density at radius 3 is 2.88 bits per heavy atom. The first-order chi connectivity index (χ1) is 8.08. The molecular formula is C10H8FN3O2S. The van der Waals surface area contributed by atoms with E-state index in [9.17, 15) is 9.18 Å². The molecule has 2 aromatic rings. The summed E-state index contributed by atoms with van der Waals surface area (Å²) >= 11 is 1.13. The second kappa shape index (κ2) is 4.46.